The van der Waals surface area contributed by atoms with Crippen molar-refractivity contribution < 1.29 is 24.4 Å². The van der Waals surface area contributed by atoms with Gasteiger partial charge in [0, 0.05) is 36.2 Å². The second-order valence-electron chi connectivity index (χ2n) is 7.76. The van der Waals surface area contributed by atoms with Crippen LogP contribution >= 0.6 is 23.5 Å². The van der Waals surface area contributed by atoms with E-state index in [9.17, 15) is 19.8 Å². The Labute approximate surface area is 207 Å². The molecule has 184 valence electrons. The lowest BCUT2D eigenvalue weighted by Gasteiger charge is -2.23. The molecule has 2 aliphatic heterocycles. The van der Waals surface area contributed by atoms with Gasteiger partial charge in [-0.2, -0.15) is 9.97 Å². The highest BCUT2D eigenvalue weighted by molar-refractivity contribution is 7.99. The van der Waals surface area contributed by atoms with Gasteiger partial charge in [0.1, 0.15) is 5.75 Å². The lowest BCUT2D eigenvalue weighted by molar-refractivity contribution is 0.346. The Morgan fingerprint density at radius 2 is 1.26 bits per heavy atom. The third-order valence-electron chi connectivity index (χ3n) is 6.01. The van der Waals surface area contributed by atoms with E-state index in [0.29, 0.717) is 52.0 Å². The summed E-state index contributed by atoms with van der Waals surface area (Å²) in [6, 6.07) is 3.11. The minimum Gasteiger partial charge on any atom is -0.496 e. The summed E-state index contributed by atoms with van der Waals surface area (Å²) in [4.78, 5) is 35.7. The Balaban J connectivity index is 1.89. The van der Waals surface area contributed by atoms with E-state index in [1.807, 2.05) is 0 Å². The fraction of sp³-hybridized carbons (Fsp3) is 0.364. The van der Waals surface area contributed by atoms with Crippen LogP contribution in [0.5, 0.6) is 29.0 Å². The first-order valence-corrected chi connectivity index (χ1v) is 12.6. The maximum absolute atomic E-state index is 13.6. The van der Waals surface area contributed by atoms with Gasteiger partial charge in [0.05, 0.1) is 38.4 Å². The molecule has 0 fully saturated rings. The summed E-state index contributed by atoms with van der Waals surface area (Å²) < 4.78 is 19.3. The molecule has 0 aliphatic carbocycles. The number of nitrogens with zero attached hydrogens (tertiary/aromatic N) is 4. The highest BCUT2D eigenvalue weighted by Gasteiger charge is 2.37. The number of thioether (sulfide) groups is 2. The van der Waals surface area contributed by atoms with E-state index < -0.39 is 28.8 Å². The first kappa shape index (κ1) is 23.4. The predicted molar refractivity (Wildman–Crippen MR) is 129 cm³/mol. The molecule has 0 spiro atoms. The second kappa shape index (κ2) is 9.04. The van der Waals surface area contributed by atoms with Crippen LogP contribution in [-0.2, 0) is 13.1 Å². The summed E-state index contributed by atoms with van der Waals surface area (Å²) in [6.07, 6.45) is 0. The molecule has 0 amide bonds. The van der Waals surface area contributed by atoms with Crippen molar-refractivity contribution in [3.8, 4) is 29.0 Å². The van der Waals surface area contributed by atoms with Gasteiger partial charge in [0.25, 0.3) is 11.1 Å². The second-order valence-corrected chi connectivity index (χ2v) is 9.88. The number of aromatic hydroxyl groups is 2. The molecule has 3 aromatic rings. The van der Waals surface area contributed by atoms with E-state index in [0.717, 1.165) is 0 Å². The zero-order valence-electron chi connectivity index (χ0n) is 19.1. The highest BCUT2D eigenvalue weighted by atomic mass is 32.2. The van der Waals surface area contributed by atoms with Crippen LogP contribution in [0.25, 0.3) is 0 Å². The fourth-order valence-electron chi connectivity index (χ4n) is 4.39. The Morgan fingerprint density at radius 1 is 0.800 bits per heavy atom. The molecule has 11 nitrogen and oxygen atoms in total. The minimum absolute atomic E-state index is 0.165. The molecule has 35 heavy (non-hydrogen) atoms. The van der Waals surface area contributed by atoms with Gasteiger partial charge in [0.2, 0.25) is 11.8 Å². The van der Waals surface area contributed by atoms with Crippen LogP contribution in [0.4, 0.5) is 0 Å². The average Bonchev–Trinajstić information content (AvgIpc) is 3.51. The number of hydrogen-bond donors (Lipinski definition) is 2. The van der Waals surface area contributed by atoms with Crippen molar-refractivity contribution in [2.75, 3.05) is 32.8 Å². The van der Waals surface area contributed by atoms with Crippen LogP contribution in [-0.4, -0.2) is 62.2 Å². The molecule has 5 rings (SSSR count). The number of rotatable bonds is 6. The average molecular weight is 519 g/mol. The number of benzene rings is 1. The first-order valence-electron chi connectivity index (χ1n) is 10.6. The lowest BCUT2D eigenvalue weighted by atomic mass is 9.85. The molecule has 4 heterocycles. The number of aromatic nitrogens is 4. The van der Waals surface area contributed by atoms with Crippen molar-refractivity contribution in [1.29, 1.82) is 0 Å². The zero-order chi connectivity index (χ0) is 24.9. The maximum Gasteiger partial charge on any atom is 0.262 e. The number of ether oxygens (including phenoxy) is 3. The van der Waals surface area contributed by atoms with E-state index in [4.69, 9.17) is 14.2 Å². The van der Waals surface area contributed by atoms with Gasteiger partial charge in [-0.3, -0.25) is 18.7 Å². The van der Waals surface area contributed by atoms with Crippen molar-refractivity contribution in [2.45, 2.75) is 29.3 Å². The number of methoxy groups -OCH3 is 3. The van der Waals surface area contributed by atoms with E-state index in [1.165, 1.54) is 54.0 Å². The van der Waals surface area contributed by atoms with Gasteiger partial charge in [-0.25, -0.2) is 0 Å². The van der Waals surface area contributed by atoms with Crippen LogP contribution < -0.4 is 25.3 Å². The van der Waals surface area contributed by atoms with Gasteiger partial charge in [-0.15, -0.1) is 0 Å². The molecule has 1 aromatic carbocycles. The molecule has 2 N–H and O–H groups in total. The summed E-state index contributed by atoms with van der Waals surface area (Å²) in [6.45, 7) is 0.803. The van der Waals surface area contributed by atoms with Crippen LogP contribution in [0, 0.1) is 0 Å². The molecule has 0 unspecified atom stereocenters. The zero-order valence-corrected chi connectivity index (χ0v) is 20.7. The van der Waals surface area contributed by atoms with E-state index in [1.54, 1.807) is 12.1 Å². The number of hydrogen-bond acceptors (Lipinski definition) is 11. The van der Waals surface area contributed by atoms with Crippen molar-refractivity contribution in [1.82, 2.24) is 19.1 Å². The van der Waals surface area contributed by atoms with E-state index in [-0.39, 0.29) is 16.9 Å². The summed E-state index contributed by atoms with van der Waals surface area (Å²) in [5.41, 5.74) is -1.06. The maximum atomic E-state index is 13.6. The van der Waals surface area contributed by atoms with Gasteiger partial charge >= 0.3 is 0 Å². The summed E-state index contributed by atoms with van der Waals surface area (Å²) in [5, 5.41) is 22.7. The Morgan fingerprint density at radius 3 is 1.71 bits per heavy atom. The van der Waals surface area contributed by atoms with E-state index >= 15 is 0 Å². The molecule has 0 saturated carbocycles. The number of fused-ring (bicyclic) bond motifs is 2. The summed E-state index contributed by atoms with van der Waals surface area (Å²) in [5.74, 6) is -0.140. The van der Waals surface area contributed by atoms with Gasteiger partial charge in [-0.05, 0) is 6.07 Å². The van der Waals surface area contributed by atoms with Crippen molar-refractivity contribution >= 4 is 23.5 Å². The molecule has 0 bridgehead atoms. The van der Waals surface area contributed by atoms with Gasteiger partial charge in [0.15, 0.2) is 21.8 Å². The summed E-state index contributed by atoms with van der Waals surface area (Å²) >= 11 is 2.70. The van der Waals surface area contributed by atoms with Crippen LogP contribution in [0.2, 0.25) is 0 Å². The molecule has 2 aliphatic rings. The van der Waals surface area contributed by atoms with Gasteiger partial charge in [-0.1, -0.05) is 23.5 Å². The molecular weight excluding hydrogens is 496 g/mol. The normalized spacial score (nSPS) is 14.2. The van der Waals surface area contributed by atoms with Crippen LogP contribution in [0.15, 0.2) is 32.0 Å². The fourth-order valence-corrected chi connectivity index (χ4v) is 6.26. The van der Waals surface area contributed by atoms with Crippen molar-refractivity contribution in [3.63, 3.8) is 0 Å². The van der Waals surface area contributed by atoms with Crippen molar-refractivity contribution in [3.05, 3.63) is 49.5 Å². The molecule has 13 heteroatoms. The standard InChI is InChI=1S/C22H22N4O7S2/c1-31-11-9-13(33-3)12(32-2)8-10(11)14(15-17(27)23-21-25(19(15)29)4-6-34-21)16-18(28)24-22-26(20(16)30)5-7-35-22/h8-9,14,27-28H,4-7H2,1-3H3. The molecular formula is C22H22N4O7S2. The summed E-state index contributed by atoms with van der Waals surface area (Å²) in [7, 11) is 4.34. The Bertz CT molecular complexity index is 1380. The van der Waals surface area contributed by atoms with Crippen molar-refractivity contribution in [2.24, 2.45) is 0 Å². The smallest absolute Gasteiger partial charge is 0.262 e. The SMILES string of the molecule is COc1cc(OC)c(C(c2c(O)nc3n(c2=O)CCS3)c2c(O)nc3n(c2=O)CCS3)cc1OC. The largest absolute Gasteiger partial charge is 0.496 e. The predicted octanol–water partition coefficient (Wildman–Crippen LogP) is 1.63. The monoisotopic (exact) mass is 518 g/mol. The molecule has 0 saturated heterocycles. The lowest BCUT2D eigenvalue weighted by Crippen LogP contribution is -2.32. The first-order chi connectivity index (χ1) is 16.9. The molecule has 0 atom stereocenters. The van der Waals surface area contributed by atoms with Gasteiger partial charge < -0.3 is 24.4 Å². The van der Waals surface area contributed by atoms with Crippen LogP contribution in [0.3, 0.4) is 0 Å². The molecule has 0 radical (unpaired) electrons. The highest BCUT2D eigenvalue weighted by Crippen LogP contribution is 2.45. The molecule has 2 aromatic heterocycles. The Hall–Kier alpha value is -3.32. The third kappa shape index (κ3) is 3.69. The quantitative estimate of drug-likeness (QED) is 0.461. The Kier molecular flexibility index (Phi) is 6.05. The van der Waals surface area contributed by atoms with Crippen LogP contribution in [0.1, 0.15) is 22.6 Å². The minimum atomic E-state index is -1.25. The topological polar surface area (TPSA) is 138 Å². The third-order valence-corrected chi connectivity index (χ3v) is 7.93. The van der Waals surface area contributed by atoms with E-state index in [2.05, 4.69) is 9.97 Å².